The smallest absolute Gasteiger partial charge is 0.226 e. The van der Waals surface area contributed by atoms with Crippen molar-refractivity contribution in [2.75, 3.05) is 13.6 Å². The molecule has 22 heavy (non-hydrogen) atoms. The first-order valence-electron chi connectivity index (χ1n) is 7.90. The van der Waals surface area contributed by atoms with Crippen LogP contribution in [0.4, 0.5) is 0 Å². The fourth-order valence-corrected chi connectivity index (χ4v) is 2.83. The van der Waals surface area contributed by atoms with E-state index in [1.807, 2.05) is 60.8 Å². The molecule has 1 aromatic carbocycles. The zero-order valence-corrected chi connectivity index (χ0v) is 13.5. The van der Waals surface area contributed by atoms with Crippen LogP contribution in [0, 0.1) is 19.8 Å². The molecule has 1 saturated carbocycles. The molecule has 3 rings (SSSR count). The van der Waals surface area contributed by atoms with Gasteiger partial charge < -0.3 is 4.90 Å². The zero-order chi connectivity index (χ0) is 15.7. The normalized spacial score (nSPS) is 14.1. The fourth-order valence-electron chi connectivity index (χ4n) is 2.83. The van der Waals surface area contributed by atoms with E-state index in [9.17, 15) is 4.79 Å². The average Bonchev–Trinajstić information content (AvgIpc) is 3.29. The van der Waals surface area contributed by atoms with Gasteiger partial charge in [0.05, 0.1) is 17.8 Å². The van der Waals surface area contributed by atoms with E-state index >= 15 is 0 Å². The van der Waals surface area contributed by atoms with Gasteiger partial charge in [-0.25, -0.2) is 4.68 Å². The summed E-state index contributed by atoms with van der Waals surface area (Å²) >= 11 is 0. The molecule has 1 fully saturated rings. The molecule has 4 nitrogen and oxygen atoms in total. The van der Waals surface area contributed by atoms with Crippen LogP contribution in [0.3, 0.4) is 0 Å². The molecule has 4 heteroatoms. The van der Waals surface area contributed by atoms with Crippen molar-refractivity contribution in [3.05, 3.63) is 47.3 Å². The first-order valence-corrected chi connectivity index (χ1v) is 7.90. The van der Waals surface area contributed by atoms with Crippen LogP contribution in [0.5, 0.6) is 0 Å². The molecule has 116 valence electrons. The number of rotatable bonds is 5. The number of carbonyl (C=O) groups is 1. The molecule has 0 spiro atoms. The van der Waals surface area contributed by atoms with E-state index in [4.69, 9.17) is 0 Å². The van der Waals surface area contributed by atoms with Gasteiger partial charge in [-0.3, -0.25) is 4.79 Å². The molecular weight excluding hydrogens is 274 g/mol. The summed E-state index contributed by atoms with van der Waals surface area (Å²) in [6.07, 6.45) is 2.97. The van der Waals surface area contributed by atoms with Crippen LogP contribution in [0.1, 0.15) is 29.8 Å². The molecule has 0 aliphatic heterocycles. The number of aryl methyl sites for hydroxylation is 1. The quantitative estimate of drug-likeness (QED) is 0.851. The summed E-state index contributed by atoms with van der Waals surface area (Å²) in [6.45, 7) is 4.91. The second-order valence-corrected chi connectivity index (χ2v) is 6.29. The standard InChI is InChI=1S/C18H23N3O/c1-13-17(11-18(22)20(3)12-15-9-10-15)14(2)21(19-13)16-7-5-4-6-8-16/h4-8,15H,9-12H2,1-3H3. The number of para-hydroxylation sites is 1. The minimum absolute atomic E-state index is 0.186. The molecule has 1 amide bonds. The third-order valence-electron chi connectivity index (χ3n) is 4.42. The van der Waals surface area contributed by atoms with Crippen molar-refractivity contribution in [1.29, 1.82) is 0 Å². The Labute approximate surface area is 131 Å². The molecule has 1 aliphatic rings. The van der Waals surface area contributed by atoms with Crippen LogP contribution in [0.25, 0.3) is 5.69 Å². The van der Waals surface area contributed by atoms with Gasteiger partial charge in [-0.1, -0.05) is 18.2 Å². The Balaban J connectivity index is 1.79. The summed E-state index contributed by atoms with van der Waals surface area (Å²) in [5.74, 6) is 0.911. The van der Waals surface area contributed by atoms with Crippen molar-refractivity contribution in [2.24, 2.45) is 5.92 Å². The van der Waals surface area contributed by atoms with E-state index in [2.05, 4.69) is 5.10 Å². The van der Waals surface area contributed by atoms with Crippen LogP contribution in [0.2, 0.25) is 0 Å². The Hall–Kier alpha value is -2.10. The first-order chi connectivity index (χ1) is 10.6. The summed E-state index contributed by atoms with van der Waals surface area (Å²) in [6, 6.07) is 10.1. The topological polar surface area (TPSA) is 38.1 Å². The summed E-state index contributed by atoms with van der Waals surface area (Å²) in [7, 11) is 1.91. The molecule has 1 aliphatic carbocycles. The van der Waals surface area contributed by atoms with Crippen molar-refractivity contribution in [3.63, 3.8) is 0 Å². The number of carbonyl (C=O) groups excluding carboxylic acids is 1. The van der Waals surface area contributed by atoms with Crippen LogP contribution in [-0.4, -0.2) is 34.2 Å². The number of nitrogens with zero attached hydrogens (tertiary/aromatic N) is 3. The lowest BCUT2D eigenvalue weighted by atomic mass is 10.1. The molecule has 1 aromatic heterocycles. The Morgan fingerprint density at radius 2 is 1.95 bits per heavy atom. The largest absolute Gasteiger partial charge is 0.345 e. The molecular formula is C18H23N3O. The van der Waals surface area contributed by atoms with E-state index < -0.39 is 0 Å². The Morgan fingerprint density at radius 3 is 2.59 bits per heavy atom. The average molecular weight is 297 g/mol. The fraction of sp³-hybridized carbons (Fsp3) is 0.444. The van der Waals surface area contributed by atoms with Gasteiger partial charge in [0.25, 0.3) is 0 Å². The maximum atomic E-state index is 12.4. The molecule has 0 radical (unpaired) electrons. The molecule has 2 aromatic rings. The van der Waals surface area contributed by atoms with Gasteiger partial charge >= 0.3 is 0 Å². The highest BCUT2D eigenvalue weighted by molar-refractivity contribution is 5.79. The van der Waals surface area contributed by atoms with Crippen molar-refractivity contribution < 1.29 is 4.79 Å². The van der Waals surface area contributed by atoms with Crippen LogP contribution in [-0.2, 0) is 11.2 Å². The lowest BCUT2D eigenvalue weighted by molar-refractivity contribution is -0.129. The van der Waals surface area contributed by atoms with Crippen LogP contribution in [0.15, 0.2) is 30.3 Å². The van der Waals surface area contributed by atoms with Gasteiger partial charge in [0.2, 0.25) is 5.91 Å². The molecule has 0 atom stereocenters. The van der Waals surface area contributed by atoms with Crippen molar-refractivity contribution in [2.45, 2.75) is 33.1 Å². The van der Waals surface area contributed by atoms with Gasteiger partial charge in [0, 0.05) is 24.8 Å². The minimum atomic E-state index is 0.186. The molecule has 0 unspecified atom stereocenters. The number of hydrogen-bond donors (Lipinski definition) is 0. The molecule has 0 N–H and O–H groups in total. The van der Waals surface area contributed by atoms with Gasteiger partial charge in [-0.2, -0.15) is 5.10 Å². The number of likely N-dealkylation sites (N-methyl/N-ethyl adjacent to an activating group) is 1. The maximum Gasteiger partial charge on any atom is 0.226 e. The lowest BCUT2D eigenvalue weighted by Gasteiger charge is -2.16. The van der Waals surface area contributed by atoms with E-state index in [1.165, 1.54) is 12.8 Å². The number of benzene rings is 1. The summed E-state index contributed by atoms with van der Waals surface area (Å²) in [4.78, 5) is 14.3. The Morgan fingerprint density at radius 1 is 1.27 bits per heavy atom. The van der Waals surface area contributed by atoms with Crippen molar-refractivity contribution in [3.8, 4) is 5.69 Å². The second-order valence-electron chi connectivity index (χ2n) is 6.29. The van der Waals surface area contributed by atoms with Gasteiger partial charge in [-0.05, 0) is 44.7 Å². The Bertz CT molecular complexity index is 671. The number of amides is 1. The zero-order valence-electron chi connectivity index (χ0n) is 13.5. The minimum Gasteiger partial charge on any atom is -0.345 e. The van der Waals surface area contributed by atoms with E-state index in [1.54, 1.807) is 0 Å². The van der Waals surface area contributed by atoms with E-state index in [0.717, 1.165) is 35.1 Å². The Kier molecular flexibility index (Phi) is 4.01. The first kappa shape index (κ1) is 14.8. The SMILES string of the molecule is Cc1nn(-c2ccccc2)c(C)c1CC(=O)N(C)CC1CC1. The third-order valence-corrected chi connectivity index (χ3v) is 4.42. The highest BCUT2D eigenvalue weighted by Crippen LogP contribution is 2.29. The number of hydrogen-bond acceptors (Lipinski definition) is 2. The van der Waals surface area contributed by atoms with E-state index in [-0.39, 0.29) is 5.91 Å². The maximum absolute atomic E-state index is 12.4. The predicted octanol–water partition coefficient (Wildman–Crippen LogP) is 2.90. The van der Waals surface area contributed by atoms with Crippen molar-refractivity contribution >= 4 is 5.91 Å². The van der Waals surface area contributed by atoms with E-state index in [0.29, 0.717) is 6.42 Å². The van der Waals surface area contributed by atoms with Gasteiger partial charge in [-0.15, -0.1) is 0 Å². The highest BCUT2D eigenvalue weighted by atomic mass is 16.2. The third kappa shape index (κ3) is 3.06. The van der Waals surface area contributed by atoms with Crippen LogP contribution < -0.4 is 0 Å². The highest BCUT2D eigenvalue weighted by Gasteiger charge is 2.25. The molecule has 0 bridgehead atoms. The van der Waals surface area contributed by atoms with Crippen LogP contribution >= 0.6 is 0 Å². The summed E-state index contributed by atoms with van der Waals surface area (Å²) in [5, 5.41) is 4.61. The van der Waals surface area contributed by atoms with Gasteiger partial charge in [0.1, 0.15) is 0 Å². The molecule has 1 heterocycles. The number of aromatic nitrogens is 2. The van der Waals surface area contributed by atoms with Gasteiger partial charge in [0.15, 0.2) is 0 Å². The monoisotopic (exact) mass is 297 g/mol. The second kappa shape index (κ2) is 5.95. The van der Waals surface area contributed by atoms with Crippen molar-refractivity contribution in [1.82, 2.24) is 14.7 Å². The summed E-state index contributed by atoms with van der Waals surface area (Å²) < 4.78 is 1.93. The lowest BCUT2D eigenvalue weighted by Crippen LogP contribution is -2.30. The predicted molar refractivity (Wildman–Crippen MR) is 87.1 cm³/mol. The summed E-state index contributed by atoms with van der Waals surface area (Å²) in [5.41, 5.74) is 4.08. The molecule has 0 saturated heterocycles.